The number of nitro benzene ring substituents is 1. The molecular formula is C20H17N3O6S2. The van der Waals surface area contributed by atoms with E-state index in [-0.39, 0.29) is 15.6 Å². The van der Waals surface area contributed by atoms with Gasteiger partial charge in [0, 0.05) is 17.7 Å². The van der Waals surface area contributed by atoms with Crippen LogP contribution in [0.1, 0.15) is 22.8 Å². The zero-order valence-electron chi connectivity index (χ0n) is 16.5. The van der Waals surface area contributed by atoms with Gasteiger partial charge >= 0.3 is 0 Å². The third-order valence-electron chi connectivity index (χ3n) is 4.13. The lowest BCUT2D eigenvalue weighted by molar-refractivity contribution is -0.384. The predicted molar refractivity (Wildman–Crippen MR) is 120 cm³/mol. The van der Waals surface area contributed by atoms with Crippen LogP contribution in [0.25, 0.3) is 6.08 Å². The molecule has 1 aliphatic rings. The van der Waals surface area contributed by atoms with Gasteiger partial charge in [0.25, 0.3) is 17.5 Å². The molecule has 160 valence electrons. The van der Waals surface area contributed by atoms with Gasteiger partial charge in [-0.05, 0) is 55.0 Å². The van der Waals surface area contributed by atoms with Gasteiger partial charge in [-0.2, -0.15) is 5.01 Å². The van der Waals surface area contributed by atoms with E-state index in [9.17, 15) is 19.7 Å². The van der Waals surface area contributed by atoms with Crippen molar-refractivity contribution in [2.75, 3.05) is 13.7 Å². The molecule has 0 saturated carbocycles. The Bertz CT molecular complexity index is 1080. The highest BCUT2D eigenvalue weighted by molar-refractivity contribution is 8.26. The highest BCUT2D eigenvalue weighted by Gasteiger charge is 2.34. The number of nitrogens with zero attached hydrogens (tertiary/aromatic N) is 2. The van der Waals surface area contributed by atoms with Crippen LogP contribution in [-0.4, -0.2) is 39.8 Å². The standard InChI is InChI=1S/C20H17N3O6S2/c1-3-29-15-9-4-12(10-16(15)28-2)11-17-19(25)22(20(30)31-17)21-18(24)13-5-7-14(8-6-13)23(26)27/h4-11H,3H2,1-2H3,(H,21,24)/b17-11-. The maximum Gasteiger partial charge on any atom is 0.285 e. The molecule has 3 rings (SSSR count). The molecule has 11 heteroatoms. The van der Waals surface area contributed by atoms with Gasteiger partial charge in [0.1, 0.15) is 0 Å². The van der Waals surface area contributed by atoms with E-state index in [2.05, 4.69) is 5.43 Å². The van der Waals surface area contributed by atoms with Gasteiger partial charge in [-0.15, -0.1) is 0 Å². The number of carbonyl (C=O) groups excluding carboxylic acids is 2. The zero-order chi connectivity index (χ0) is 22.5. The van der Waals surface area contributed by atoms with Gasteiger partial charge in [0.2, 0.25) is 0 Å². The molecule has 2 amide bonds. The number of non-ortho nitro benzene ring substituents is 1. The first kappa shape index (κ1) is 22.2. The second kappa shape index (κ2) is 9.58. The first-order valence-corrected chi connectivity index (χ1v) is 10.2. The van der Waals surface area contributed by atoms with Crippen molar-refractivity contribution in [3.05, 3.63) is 68.6 Å². The maximum atomic E-state index is 12.7. The highest BCUT2D eigenvalue weighted by Crippen LogP contribution is 2.34. The highest BCUT2D eigenvalue weighted by atomic mass is 32.2. The number of nitro groups is 1. The zero-order valence-corrected chi connectivity index (χ0v) is 18.1. The van der Waals surface area contributed by atoms with E-state index in [1.165, 1.54) is 31.4 Å². The average Bonchev–Trinajstić information content (AvgIpc) is 3.02. The molecule has 0 aromatic heterocycles. The summed E-state index contributed by atoms with van der Waals surface area (Å²) in [6.45, 7) is 2.35. The van der Waals surface area contributed by atoms with Crippen LogP contribution in [0.15, 0.2) is 47.4 Å². The van der Waals surface area contributed by atoms with Crippen molar-refractivity contribution in [3.63, 3.8) is 0 Å². The molecule has 31 heavy (non-hydrogen) atoms. The third kappa shape index (κ3) is 5.01. The Morgan fingerprint density at radius 1 is 1.26 bits per heavy atom. The van der Waals surface area contributed by atoms with E-state index in [0.717, 1.165) is 16.8 Å². The molecule has 1 saturated heterocycles. The topological polar surface area (TPSA) is 111 Å². The fraction of sp³-hybridized carbons (Fsp3) is 0.150. The summed E-state index contributed by atoms with van der Waals surface area (Å²) >= 11 is 6.26. The number of nitrogens with one attached hydrogen (secondary N) is 1. The summed E-state index contributed by atoms with van der Waals surface area (Å²) in [5.74, 6) is 0.0101. The Kier molecular flexibility index (Phi) is 6.88. The number of rotatable bonds is 7. The van der Waals surface area contributed by atoms with Crippen LogP contribution in [0.4, 0.5) is 5.69 Å². The van der Waals surface area contributed by atoms with Crippen LogP contribution in [0.5, 0.6) is 11.5 Å². The number of methoxy groups -OCH3 is 1. The number of thioether (sulfide) groups is 1. The molecule has 0 radical (unpaired) electrons. The monoisotopic (exact) mass is 459 g/mol. The summed E-state index contributed by atoms with van der Waals surface area (Å²) in [4.78, 5) is 35.7. The summed E-state index contributed by atoms with van der Waals surface area (Å²) in [7, 11) is 1.52. The molecule has 0 unspecified atom stereocenters. The third-order valence-corrected chi connectivity index (χ3v) is 5.43. The smallest absolute Gasteiger partial charge is 0.285 e. The number of amides is 2. The van der Waals surface area contributed by atoms with Crippen molar-refractivity contribution in [1.82, 2.24) is 10.4 Å². The second-order valence-corrected chi connectivity index (χ2v) is 7.78. The molecular weight excluding hydrogens is 442 g/mol. The minimum Gasteiger partial charge on any atom is -0.493 e. The molecule has 1 N–H and O–H groups in total. The fourth-order valence-corrected chi connectivity index (χ4v) is 3.84. The van der Waals surface area contributed by atoms with Crippen molar-refractivity contribution in [1.29, 1.82) is 0 Å². The van der Waals surface area contributed by atoms with Gasteiger partial charge < -0.3 is 9.47 Å². The number of benzene rings is 2. The Labute approximate surface area is 187 Å². The summed E-state index contributed by atoms with van der Waals surface area (Å²) in [6, 6.07) is 10.3. The van der Waals surface area contributed by atoms with Gasteiger partial charge in [-0.1, -0.05) is 17.8 Å². The summed E-state index contributed by atoms with van der Waals surface area (Å²) in [5, 5.41) is 11.7. The molecule has 0 spiro atoms. The molecule has 0 bridgehead atoms. The van der Waals surface area contributed by atoms with E-state index < -0.39 is 16.7 Å². The van der Waals surface area contributed by atoms with E-state index in [1.54, 1.807) is 24.3 Å². The van der Waals surface area contributed by atoms with Crippen molar-refractivity contribution in [3.8, 4) is 11.5 Å². The molecule has 2 aromatic rings. The molecule has 1 fully saturated rings. The van der Waals surface area contributed by atoms with Crippen molar-refractivity contribution >= 4 is 51.9 Å². The van der Waals surface area contributed by atoms with E-state index in [0.29, 0.717) is 28.6 Å². The Morgan fingerprint density at radius 3 is 2.58 bits per heavy atom. The lowest BCUT2D eigenvalue weighted by Crippen LogP contribution is -2.44. The second-order valence-electron chi connectivity index (χ2n) is 6.11. The largest absolute Gasteiger partial charge is 0.493 e. The van der Waals surface area contributed by atoms with Crippen LogP contribution >= 0.6 is 24.0 Å². The quantitative estimate of drug-likeness (QED) is 0.290. The van der Waals surface area contributed by atoms with E-state index in [1.807, 2.05) is 6.92 Å². The van der Waals surface area contributed by atoms with Crippen molar-refractivity contribution in [2.45, 2.75) is 6.92 Å². The van der Waals surface area contributed by atoms with Crippen LogP contribution < -0.4 is 14.9 Å². The molecule has 9 nitrogen and oxygen atoms in total. The SMILES string of the molecule is CCOc1ccc(/C=C2\SC(=S)N(NC(=O)c3ccc([N+](=O)[O-])cc3)C2=O)cc1OC. The Balaban J connectivity index is 1.76. The van der Waals surface area contributed by atoms with Crippen LogP contribution in [0, 0.1) is 10.1 Å². The van der Waals surface area contributed by atoms with Crippen LogP contribution in [0.3, 0.4) is 0 Å². The van der Waals surface area contributed by atoms with Crippen LogP contribution in [-0.2, 0) is 4.79 Å². The fourth-order valence-electron chi connectivity index (χ4n) is 2.66. The van der Waals surface area contributed by atoms with Crippen LogP contribution in [0.2, 0.25) is 0 Å². The lowest BCUT2D eigenvalue weighted by Gasteiger charge is -2.15. The average molecular weight is 460 g/mol. The molecule has 1 heterocycles. The minimum absolute atomic E-state index is 0.143. The number of thiocarbonyl (C=S) groups is 1. The number of ether oxygens (including phenoxy) is 2. The van der Waals surface area contributed by atoms with Gasteiger partial charge in [-0.25, -0.2) is 0 Å². The summed E-state index contributed by atoms with van der Waals surface area (Å²) in [5.41, 5.74) is 3.14. The molecule has 0 aliphatic carbocycles. The van der Waals surface area contributed by atoms with Crippen molar-refractivity contribution < 1.29 is 24.0 Å². The number of hydrazine groups is 1. The van der Waals surface area contributed by atoms with E-state index >= 15 is 0 Å². The predicted octanol–water partition coefficient (Wildman–Crippen LogP) is 3.55. The van der Waals surface area contributed by atoms with Crippen molar-refractivity contribution in [2.24, 2.45) is 0 Å². The number of hydrogen-bond acceptors (Lipinski definition) is 8. The van der Waals surface area contributed by atoms with E-state index in [4.69, 9.17) is 21.7 Å². The molecule has 2 aromatic carbocycles. The van der Waals surface area contributed by atoms with Gasteiger partial charge in [0.15, 0.2) is 15.8 Å². The minimum atomic E-state index is -0.616. The van der Waals surface area contributed by atoms with Gasteiger partial charge in [0.05, 0.1) is 23.5 Å². The summed E-state index contributed by atoms with van der Waals surface area (Å²) < 4.78 is 11.0. The normalized spacial score (nSPS) is 14.6. The first-order chi connectivity index (χ1) is 14.8. The Hall–Kier alpha value is -3.44. The molecule has 0 atom stereocenters. The number of carbonyl (C=O) groups is 2. The summed E-state index contributed by atoms with van der Waals surface area (Å²) in [6.07, 6.45) is 1.63. The number of hydrogen-bond donors (Lipinski definition) is 1. The lowest BCUT2D eigenvalue weighted by atomic mass is 10.2. The Morgan fingerprint density at radius 2 is 1.97 bits per heavy atom. The van der Waals surface area contributed by atoms with Gasteiger partial charge in [-0.3, -0.25) is 25.1 Å². The molecule has 1 aliphatic heterocycles. The maximum absolute atomic E-state index is 12.7. The first-order valence-electron chi connectivity index (χ1n) is 8.98.